The molecule has 5 nitrogen and oxygen atoms in total. The molecule has 0 amide bonds. The highest BCUT2D eigenvalue weighted by Gasteiger charge is 2.11. The van der Waals surface area contributed by atoms with Gasteiger partial charge in [-0.2, -0.15) is 9.50 Å². The normalized spacial score (nSPS) is 11.4. The molecule has 2 heterocycles. The number of benzene rings is 2. The minimum atomic E-state index is -0.130. The van der Waals surface area contributed by atoms with E-state index in [2.05, 4.69) is 15.1 Å². The maximum Gasteiger partial charge on any atom is 0.281 e. The molecule has 0 radical (unpaired) electrons. The van der Waals surface area contributed by atoms with Crippen LogP contribution in [0.15, 0.2) is 47.3 Å². The fraction of sp³-hybridized carbons (Fsp3) is 0.118. The van der Waals surface area contributed by atoms with Gasteiger partial charge in [0.2, 0.25) is 0 Å². The Balaban J connectivity index is 2.01. The van der Waals surface area contributed by atoms with Gasteiger partial charge in [-0.3, -0.25) is 9.89 Å². The summed E-state index contributed by atoms with van der Waals surface area (Å²) in [7, 11) is 0. The van der Waals surface area contributed by atoms with Gasteiger partial charge in [0.15, 0.2) is 5.82 Å². The van der Waals surface area contributed by atoms with Crippen LogP contribution in [0.2, 0.25) is 0 Å². The average molecular weight is 290 g/mol. The number of fused-ring (bicyclic) bond motifs is 2. The second-order valence-corrected chi connectivity index (χ2v) is 5.51. The van der Waals surface area contributed by atoms with Crippen molar-refractivity contribution < 1.29 is 0 Å². The Hall–Kier alpha value is -2.95. The molecule has 5 heteroatoms. The number of hydrogen-bond acceptors (Lipinski definition) is 3. The van der Waals surface area contributed by atoms with Crippen LogP contribution in [-0.4, -0.2) is 19.6 Å². The molecule has 2 aromatic carbocycles. The van der Waals surface area contributed by atoms with Gasteiger partial charge in [-0.25, -0.2) is 4.98 Å². The molecule has 0 atom stereocenters. The first-order chi connectivity index (χ1) is 10.6. The number of aromatic amines is 1. The summed E-state index contributed by atoms with van der Waals surface area (Å²) in [6.07, 6.45) is 0. The van der Waals surface area contributed by atoms with E-state index in [0.29, 0.717) is 22.5 Å². The summed E-state index contributed by atoms with van der Waals surface area (Å²) >= 11 is 0. The lowest BCUT2D eigenvalue weighted by Gasteiger charge is -1.98. The van der Waals surface area contributed by atoms with Crippen molar-refractivity contribution in [2.75, 3.05) is 0 Å². The van der Waals surface area contributed by atoms with Crippen LogP contribution in [0, 0.1) is 13.8 Å². The Bertz CT molecular complexity index is 1060. The number of rotatable bonds is 1. The van der Waals surface area contributed by atoms with Gasteiger partial charge in [0.1, 0.15) is 0 Å². The lowest BCUT2D eigenvalue weighted by Crippen LogP contribution is -2.15. The molecule has 108 valence electrons. The highest BCUT2D eigenvalue weighted by atomic mass is 16.1. The number of aryl methyl sites for hydroxylation is 2. The molecule has 1 N–H and O–H groups in total. The van der Waals surface area contributed by atoms with Crippen LogP contribution in [0.3, 0.4) is 0 Å². The van der Waals surface area contributed by atoms with Crippen LogP contribution in [0.1, 0.15) is 11.1 Å². The lowest BCUT2D eigenvalue weighted by molar-refractivity contribution is 0.918. The van der Waals surface area contributed by atoms with E-state index in [-0.39, 0.29) is 5.56 Å². The molecular formula is C17H14N4O. The molecule has 0 aliphatic heterocycles. The predicted octanol–water partition coefficient (Wildman–Crippen LogP) is 2.85. The molecule has 0 fully saturated rings. The second kappa shape index (κ2) is 4.53. The third-order valence-corrected chi connectivity index (χ3v) is 3.76. The van der Waals surface area contributed by atoms with Gasteiger partial charge in [-0.15, -0.1) is 0 Å². The van der Waals surface area contributed by atoms with Crippen molar-refractivity contribution in [2.24, 2.45) is 0 Å². The average Bonchev–Trinajstić information content (AvgIpc) is 2.93. The van der Waals surface area contributed by atoms with E-state index in [1.54, 1.807) is 0 Å². The molecule has 22 heavy (non-hydrogen) atoms. The van der Waals surface area contributed by atoms with Crippen molar-refractivity contribution in [3.8, 4) is 11.4 Å². The molecule has 2 aromatic heterocycles. The SMILES string of the molecule is Cc1ccc(-c2nc3nc4ccc(C)cc4c(=O)n3[nH]2)cc1. The number of aromatic nitrogens is 4. The minimum Gasteiger partial charge on any atom is -0.271 e. The van der Waals surface area contributed by atoms with Gasteiger partial charge in [-0.05, 0) is 26.0 Å². The van der Waals surface area contributed by atoms with E-state index in [1.165, 1.54) is 10.1 Å². The fourth-order valence-electron chi connectivity index (χ4n) is 2.53. The van der Waals surface area contributed by atoms with Crippen molar-refractivity contribution in [1.29, 1.82) is 0 Å². The molecule has 4 rings (SSSR count). The van der Waals surface area contributed by atoms with Gasteiger partial charge in [-0.1, -0.05) is 41.5 Å². The summed E-state index contributed by atoms with van der Waals surface area (Å²) in [6, 6.07) is 13.6. The third kappa shape index (κ3) is 1.90. The first kappa shape index (κ1) is 12.8. The van der Waals surface area contributed by atoms with Crippen LogP contribution in [0.5, 0.6) is 0 Å². The van der Waals surface area contributed by atoms with E-state index in [9.17, 15) is 4.79 Å². The first-order valence-electron chi connectivity index (χ1n) is 7.08. The zero-order valence-electron chi connectivity index (χ0n) is 12.3. The van der Waals surface area contributed by atoms with E-state index < -0.39 is 0 Å². The lowest BCUT2D eigenvalue weighted by atomic mass is 10.1. The predicted molar refractivity (Wildman–Crippen MR) is 86.0 cm³/mol. The molecule has 0 spiro atoms. The number of hydrogen-bond donors (Lipinski definition) is 1. The van der Waals surface area contributed by atoms with E-state index >= 15 is 0 Å². The second-order valence-electron chi connectivity index (χ2n) is 5.51. The number of H-pyrrole nitrogens is 1. The molecule has 0 unspecified atom stereocenters. The molecule has 0 saturated carbocycles. The highest BCUT2D eigenvalue weighted by Crippen LogP contribution is 2.17. The van der Waals surface area contributed by atoms with Gasteiger partial charge in [0.25, 0.3) is 11.3 Å². The van der Waals surface area contributed by atoms with E-state index in [1.807, 2.05) is 56.3 Å². The summed E-state index contributed by atoms with van der Waals surface area (Å²) in [5, 5.41) is 3.64. The van der Waals surface area contributed by atoms with Gasteiger partial charge in [0, 0.05) is 5.56 Å². The smallest absolute Gasteiger partial charge is 0.271 e. The summed E-state index contributed by atoms with van der Waals surface area (Å²) in [4.78, 5) is 21.5. The van der Waals surface area contributed by atoms with Gasteiger partial charge >= 0.3 is 0 Å². The zero-order chi connectivity index (χ0) is 15.3. The van der Waals surface area contributed by atoms with Crippen LogP contribution in [0.4, 0.5) is 0 Å². The molecule has 0 aliphatic carbocycles. The molecule has 0 saturated heterocycles. The van der Waals surface area contributed by atoms with Gasteiger partial charge in [0.05, 0.1) is 10.9 Å². The number of nitrogens with one attached hydrogen (secondary N) is 1. The standard InChI is InChI=1S/C17H14N4O/c1-10-3-6-12(7-4-10)15-19-17-18-14-8-5-11(2)9-13(14)16(22)21(17)20-15/h3-9H,1-2H3,(H,18,19,20). The molecule has 4 aromatic rings. The van der Waals surface area contributed by atoms with Gasteiger partial charge < -0.3 is 0 Å². The summed E-state index contributed by atoms with van der Waals surface area (Å²) in [5.74, 6) is 1.02. The third-order valence-electron chi connectivity index (χ3n) is 3.76. The summed E-state index contributed by atoms with van der Waals surface area (Å²) in [6.45, 7) is 3.99. The quantitative estimate of drug-likeness (QED) is 0.586. The fourth-order valence-corrected chi connectivity index (χ4v) is 2.53. The topological polar surface area (TPSA) is 63.1 Å². The number of nitrogens with zero attached hydrogens (tertiary/aromatic N) is 3. The van der Waals surface area contributed by atoms with Crippen molar-refractivity contribution in [1.82, 2.24) is 19.6 Å². The van der Waals surface area contributed by atoms with Crippen LogP contribution >= 0.6 is 0 Å². The largest absolute Gasteiger partial charge is 0.281 e. The van der Waals surface area contributed by atoms with Crippen molar-refractivity contribution in [2.45, 2.75) is 13.8 Å². The zero-order valence-corrected chi connectivity index (χ0v) is 12.3. The Morgan fingerprint density at radius 1 is 0.955 bits per heavy atom. The monoisotopic (exact) mass is 290 g/mol. The first-order valence-corrected chi connectivity index (χ1v) is 7.08. The summed E-state index contributed by atoms with van der Waals surface area (Å²) < 4.78 is 1.40. The van der Waals surface area contributed by atoms with Crippen LogP contribution in [0.25, 0.3) is 28.1 Å². The summed E-state index contributed by atoms with van der Waals surface area (Å²) in [5.41, 5.74) is 3.67. The maximum absolute atomic E-state index is 12.6. The molecule has 0 aliphatic rings. The Morgan fingerprint density at radius 3 is 2.45 bits per heavy atom. The molecular weight excluding hydrogens is 276 g/mol. The molecule has 0 bridgehead atoms. The van der Waals surface area contributed by atoms with E-state index in [4.69, 9.17) is 0 Å². The van der Waals surface area contributed by atoms with Crippen molar-refractivity contribution >= 4 is 16.7 Å². The Labute approximate surface area is 126 Å². The highest BCUT2D eigenvalue weighted by molar-refractivity contribution is 5.80. The van der Waals surface area contributed by atoms with Crippen LogP contribution in [-0.2, 0) is 0 Å². The maximum atomic E-state index is 12.6. The van der Waals surface area contributed by atoms with E-state index in [0.717, 1.165) is 11.1 Å². The van der Waals surface area contributed by atoms with Crippen molar-refractivity contribution in [3.63, 3.8) is 0 Å². The van der Waals surface area contributed by atoms with Crippen molar-refractivity contribution in [3.05, 3.63) is 63.9 Å². The van der Waals surface area contributed by atoms with Crippen LogP contribution < -0.4 is 5.56 Å². The Kier molecular flexibility index (Phi) is 2.63. The minimum absolute atomic E-state index is 0.130. The Morgan fingerprint density at radius 2 is 1.68 bits per heavy atom.